The van der Waals surface area contributed by atoms with Crippen molar-refractivity contribution in [3.63, 3.8) is 0 Å². The molecule has 0 aromatic heterocycles. The second-order valence-corrected chi connectivity index (χ2v) is 4.69. The van der Waals surface area contributed by atoms with Gasteiger partial charge in [0.2, 0.25) is 0 Å². The lowest BCUT2D eigenvalue weighted by Gasteiger charge is -2.35. The number of halogens is 4. The summed E-state index contributed by atoms with van der Waals surface area (Å²) in [6, 6.07) is 3.24. The molecule has 3 rings (SSSR count). The number of rotatable bonds is 0. The van der Waals surface area contributed by atoms with Crippen molar-refractivity contribution in [1.82, 2.24) is 0 Å². The fraction of sp³-hybridized carbons (Fsp3) is 0.357. The minimum absolute atomic E-state index is 0.100. The van der Waals surface area contributed by atoms with E-state index in [-0.39, 0.29) is 10.7 Å². The number of hydrogen-bond donors (Lipinski definition) is 1. The number of ether oxygens (including phenoxy) is 1. The highest BCUT2D eigenvalue weighted by Crippen LogP contribution is 2.48. The number of fused-ring (bicyclic) bond motifs is 1. The van der Waals surface area contributed by atoms with Crippen LogP contribution in [0.3, 0.4) is 0 Å². The van der Waals surface area contributed by atoms with Crippen LogP contribution in [0, 0.1) is 17.7 Å². The molecule has 1 N–H and O–H groups in total. The van der Waals surface area contributed by atoms with E-state index in [1.807, 2.05) is 0 Å². The molecule has 2 aliphatic rings. The molecular weight excluding hydrogens is 307 g/mol. The van der Waals surface area contributed by atoms with Crippen LogP contribution in [0.2, 0.25) is 5.02 Å². The van der Waals surface area contributed by atoms with E-state index in [0.29, 0.717) is 0 Å². The number of benzene rings is 1. The molecule has 1 aromatic rings. The van der Waals surface area contributed by atoms with Crippen molar-refractivity contribution >= 4 is 23.4 Å². The lowest BCUT2D eigenvalue weighted by atomic mass is 9.90. The maximum Gasteiger partial charge on any atom is 0.445 e. The molecule has 0 spiro atoms. The van der Waals surface area contributed by atoms with Crippen molar-refractivity contribution in [2.45, 2.75) is 24.5 Å². The maximum atomic E-state index is 13.9. The zero-order valence-electron chi connectivity index (χ0n) is 15.1. The number of carbonyl (C=O) groups is 1. The highest BCUT2D eigenvalue weighted by Gasteiger charge is 2.62. The Balaban J connectivity index is 2.24. The highest BCUT2D eigenvalue weighted by atomic mass is 35.5. The maximum absolute atomic E-state index is 13.9. The van der Waals surface area contributed by atoms with Gasteiger partial charge >= 0.3 is 12.3 Å². The minimum atomic E-state index is -5.26. The average Bonchev–Trinajstić information content (AvgIpc) is 2.81. The van der Waals surface area contributed by atoms with E-state index in [1.165, 1.54) is 6.07 Å². The van der Waals surface area contributed by atoms with E-state index >= 15 is 0 Å². The van der Waals surface area contributed by atoms with E-state index in [1.54, 1.807) is 11.8 Å². The smallest absolute Gasteiger partial charge is 0.415 e. The predicted octanol–water partition coefficient (Wildman–Crippen LogP) is 4.07. The normalized spacial score (nSPS) is 34.1. The summed E-state index contributed by atoms with van der Waals surface area (Å²) in [4.78, 5) is 11.6. The lowest BCUT2D eigenvalue weighted by molar-refractivity contribution is -0.239. The fourth-order valence-corrected chi connectivity index (χ4v) is 2.04. The molecule has 110 valence electrons. The number of alkyl halides is 3. The molecule has 7 heteroatoms. The molecule has 0 saturated heterocycles. The SMILES string of the molecule is [2H]C1([2H])C([2H])([2H])C1([2H])C#C[C@]1(C(F)(F)F)OC(=O)Nc2ccc(Cl)cc21. The van der Waals surface area contributed by atoms with Gasteiger partial charge in [-0.05, 0) is 36.9 Å². The first kappa shape index (κ1) is 9.21. The Morgan fingerprint density at radius 2 is 2.24 bits per heavy atom. The van der Waals surface area contributed by atoms with E-state index < -0.39 is 42.1 Å². The first-order chi connectivity index (χ1) is 11.7. The summed E-state index contributed by atoms with van der Waals surface area (Å²) in [5, 5.41) is 1.98. The summed E-state index contributed by atoms with van der Waals surface area (Å²) < 4.78 is 83.6. The molecule has 3 nitrogen and oxygen atoms in total. The molecule has 1 aliphatic heterocycles. The van der Waals surface area contributed by atoms with Gasteiger partial charge in [0.15, 0.2) is 0 Å². The van der Waals surface area contributed by atoms with Crippen molar-refractivity contribution in [3.8, 4) is 11.8 Å². The standard InChI is InChI=1S/C14H9ClF3NO2/c15-9-3-4-11-10(7-9)13(14(16,17)18,21-12(20)19-11)6-5-8-1-2-8/h3-4,7-8H,1-2H2,(H,19,20)/t13-/m0/s1/i1D2,2D2,8D. The third-order valence-corrected chi connectivity index (χ3v) is 3.09. The fourth-order valence-electron chi connectivity index (χ4n) is 1.86. The second-order valence-electron chi connectivity index (χ2n) is 4.26. The van der Waals surface area contributed by atoms with Gasteiger partial charge in [0, 0.05) is 23.3 Å². The summed E-state index contributed by atoms with van der Waals surface area (Å²) in [5.41, 5.74) is -4.42. The Bertz CT molecular complexity index is 866. The van der Waals surface area contributed by atoms with Crippen molar-refractivity contribution in [3.05, 3.63) is 28.8 Å². The summed E-state index contributed by atoms with van der Waals surface area (Å²) in [6.07, 6.45) is -12.3. The van der Waals surface area contributed by atoms with Crippen molar-refractivity contribution < 1.29 is 29.6 Å². The minimum Gasteiger partial charge on any atom is -0.415 e. The third-order valence-electron chi connectivity index (χ3n) is 2.86. The molecule has 1 amide bonds. The number of hydrogen-bond acceptors (Lipinski definition) is 2. The van der Waals surface area contributed by atoms with Crippen LogP contribution in [0.4, 0.5) is 23.7 Å². The molecular formula is C14H9ClF3NO2. The van der Waals surface area contributed by atoms with Gasteiger partial charge in [0.25, 0.3) is 5.60 Å². The number of amides is 1. The van der Waals surface area contributed by atoms with Gasteiger partial charge in [0.05, 0.1) is 5.69 Å². The average molecular weight is 321 g/mol. The van der Waals surface area contributed by atoms with Gasteiger partial charge in [-0.25, -0.2) is 4.79 Å². The van der Waals surface area contributed by atoms with Crippen LogP contribution in [0.5, 0.6) is 0 Å². The van der Waals surface area contributed by atoms with Crippen LogP contribution in [-0.2, 0) is 10.3 Å². The van der Waals surface area contributed by atoms with Crippen LogP contribution in [-0.4, -0.2) is 12.3 Å². The van der Waals surface area contributed by atoms with Gasteiger partial charge in [0.1, 0.15) is 0 Å². The number of carbonyl (C=O) groups excluding carboxylic acids is 1. The Kier molecular flexibility index (Phi) is 2.00. The summed E-state index contributed by atoms with van der Waals surface area (Å²) in [7, 11) is 0. The highest BCUT2D eigenvalue weighted by molar-refractivity contribution is 6.30. The predicted molar refractivity (Wildman–Crippen MR) is 69.8 cm³/mol. The zero-order chi connectivity index (χ0) is 19.8. The molecule has 21 heavy (non-hydrogen) atoms. The largest absolute Gasteiger partial charge is 0.445 e. The number of anilines is 1. The summed E-state index contributed by atoms with van der Waals surface area (Å²) in [6.45, 7) is 0. The first-order valence-electron chi connectivity index (χ1n) is 8.11. The lowest BCUT2D eigenvalue weighted by Crippen LogP contribution is -2.49. The van der Waals surface area contributed by atoms with Gasteiger partial charge in [-0.3, -0.25) is 5.32 Å². The summed E-state index contributed by atoms with van der Waals surface area (Å²) >= 11 is 5.74. The number of nitrogens with one attached hydrogen (secondary N) is 1. The molecule has 1 heterocycles. The molecule has 1 aliphatic carbocycles. The zero-order valence-corrected chi connectivity index (χ0v) is 10.8. The first-order valence-corrected chi connectivity index (χ1v) is 5.98. The van der Waals surface area contributed by atoms with Crippen molar-refractivity contribution in [2.75, 3.05) is 5.32 Å². The Morgan fingerprint density at radius 1 is 1.52 bits per heavy atom. The van der Waals surface area contributed by atoms with E-state index in [4.69, 9.17) is 18.5 Å². The monoisotopic (exact) mass is 320 g/mol. The van der Waals surface area contributed by atoms with Crippen LogP contribution in [0.25, 0.3) is 0 Å². The quantitative estimate of drug-likeness (QED) is 0.732. The van der Waals surface area contributed by atoms with E-state index in [0.717, 1.165) is 12.1 Å². The van der Waals surface area contributed by atoms with Crippen molar-refractivity contribution in [1.29, 1.82) is 0 Å². The molecule has 1 saturated carbocycles. The Morgan fingerprint density at radius 3 is 2.86 bits per heavy atom. The molecule has 0 unspecified atom stereocenters. The third kappa shape index (κ3) is 2.42. The Hall–Kier alpha value is -1.87. The van der Waals surface area contributed by atoms with Gasteiger partial charge < -0.3 is 4.74 Å². The van der Waals surface area contributed by atoms with E-state index in [9.17, 15) is 18.0 Å². The molecule has 0 bridgehead atoms. The van der Waals surface area contributed by atoms with Gasteiger partial charge in [-0.15, -0.1) is 0 Å². The molecule has 1 fully saturated rings. The van der Waals surface area contributed by atoms with Crippen LogP contribution >= 0.6 is 11.6 Å². The second kappa shape index (κ2) is 4.57. The number of cyclic esters (lactones) is 1. The molecule has 1 atom stereocenters. The van der Waals surface area contributed by atoms with Crippen molar-refractivity contribution in [2.24, 2.45) is 5.89 Å². The van der Waals surface area contributed by atoms with Gasteiger partial charge in [-0.2, -0.15) is 13.2 Å². The van der Waals surface area contributed by atoms with Gasteiger partial charge in [-0.1, -0.05) is 17.5 Å². The van der Waals surface area contributed by atoms with E-state index in [2.05, 4.69) is 10.1 Å². The van der Waals surface area contributed by atoms with Crippen LogP contribution in [0.1, 0.15) is 25.2 Å². The van der Waals surface area contributed by atoms with Crippen LogP contribution in [0.15, 0.2) is 18.2 Å². The Labute approximate surface area is 130 Å². The molecule has 0 radical (unpaired) electrons. The van der Waals surface area contributed by atoms with Crippen LogP contribution < -0.4 is 5.32 Å². The molecule has 1 aromatic carbocycles. The summed E-state index contributed by atoms with van der Waals surface area (Å²) in [5.74, 6) is 0.587. The topological polar surface area (TPSA) is 38.3 Å².